The first-order valence-electron chi connectivity index (χ1n) is 3.94. The van der Waals surface area contributed by atoms with Gasteiger partial charge in [0.05, 0.1) is 0 Å². The monoisotopic (exact) mass is 230 g/mol. The van der Waals surface area contributed by atoms with Gasteiger partial charge in [0.25, 0.3) is 0 Å². The quantitative estimate of drug-likeness (QED) is 0.629. The van der Waals surface area contributed by atoms with E-state index >= 15 is 0 Å². The molecule has 0 saturated carbocycles. The Labute approximate surface area is 91.1 Å². The molecule has 2 aromatic rings. The number of benzene rings is 1. The number of rotatable bonds is 1. The third kappa shape index (κ3) is 1.56. The third-order valence-electron chi connectivity index (χ3n) is 2.05. The van der Waals surface area contributed by atoms with E-state index in [1.165, 1.54) is 15.6 Å². The average Bonchev–Trinajstić information content (AvgIpc) is 2.47. The van der Waals surface area contributed by atoms with Crippen molar-refractivity contribution in [3.63, 3.8) is 0 Å². The maximum absolute atomic E-state index is 5.98. The summed E-state index contributed by atoms with van der Waals surface area (Å²) in [7, 11) is 0. The smallest absolute Gasteiger partial charge is 0.0488 e. The van der Waals surface area contributed by atoms with E-state index in [1.54, 1.807) is 11.3 Å². The van der Waals surface area contributed by atoms with Gasteiger partial charge >= 0.3 is 0 Å². The molecule has 0 N–H and O–H groups in total. The predicted molar refractivity (Wildman–Crippen MR) is 61.1 cm³/mol. The second kappa shape index (κ2) is 3.49. The molecule has 0 atom stereocenters. The normalized spacial score (nSPS) is 11.0. The topological polar surface area (TPSA) is 0 Å². The molecular weight excluding hydrogens is 223 g/mol. The van der Waals surface area contributed by atoms with E-state index in [4.69, 9.17) is 23.2 Å². The molecule has 1 aromatic carbocycles. The first-order chi connectivity index (χ1) is 6.22. The van der Waals surface area contributed by atoms with Crippen molar-refractivity contribution in [2.45, 2.75) is 12.8 Å². The van der Waals surface area contributed by atoms with Crippen LogP contribution in [0.2, 0.25) is 5.02 Å². The predicted octanol–water partition coefficient (Wildman–Crippen LogP) is 4.60. The van der Waals surface area contributed by atoms with E-state index < -0.39 is 0 Å². The van der Waals surface area contributed by atoms with E-state index in [1.807, 2.05) is 12.1 Å². The zero-order valence-corrected chi connectivity index (χ0v) is 9.43. The van der Waals surface area contributed by atoms with E-state index in [0.717, 1.165) is 10.6 Å². The minimum Gasteiger partial charge on any atom is -0.143 e. The Kier molecular flexibility index (Phi) is 2.50. The lowest BCUT2D eigenvalue weighted by molar-refractivity contribution is 1.46. The molecule has 0 radical (unpaired) electrons. The van der Waals surface area contributed by atoms with Crippen LogP contribution in [0.1, 0.15) is 11.1 Å². The average molecular weight is 231 g/mol. The highest BCUT2D eigenvalue weighted by Crippen LogP contribution is 2.32. The molecule has 0 aliphatic rings. The van der Waals surface area contributed by atoms with Crippen LogP contribution in [0.3, 0.4) is 0 Å². The van der Waals surface area contributed by atoms with Crippen molar-refractivity contribution in [3.05, 3.63) is 33.7 Å². The number of halogens is 2. The molecule has 68 valence electrons. The largest absolute Gasteiger partial charge is 0.143 e. The fourth-order valence-corrected chi connectivity index (χ4v) is 2.97. The number of hydrogen-bond donors (Lipinski definition) is 0. The van der Waals surface area contributed by atoms with Crippen LogP contribution >= 0.6 is 34.5 Å². The van der Waals surface area contributed by atoms with Crippen LogP contribution in [-0.4, -0.2) is 0 Å². The summed E-state index contributed by atoms with van der Waals surface area (Å²) in [4.78, 5) is 0. The van der Waals surface area contributed by atoms with Gasteiger partial charge in [-0.05, 0) is 40.9 Å². The Balaban J connectivity index is 2.84. The summed E-state index contributed by atoms with van der Waals surface area (Å²) in [6.45, 7) is 2.09. The second-order valence-electron chi connectivity index (χ2n) is 2.99. The maximum Gasteiger partial charge on any atom is 0.0488 e. The summed E-state index contributed by atoms with van der Waals surface area (Å²) in [6.07, 6.45) is 0. The van der Waals surface area contributed by atoms with E-state index in [9.17, 15) is 0 Å². The van der Waals surface area contributed by atoms with Crippen LogP contribution in [0, 0.1) is 6.92 Å². The SMILES string of the molecule is Cc1csc2c(CCl)cc(Cl)cc12. The molecule has 0 amide bonds. The van der Waals surface area contributed by atoms with Crippen molar-refractivity contribution < 1.29 is 0 Å². The van der Waals surface area contributed by atoms with Crippen LogP contribution in [0.25, 0.3) is 10.1 Å². The van der Waals surface area contributed by atoms with Gasteiger partial charge < -0.3 is 0 Å². The standard InChI is InChI=1S/C10H8Cl2S/c1-6-5-13-10-7(4-11)2-8(12)3-9(6)10/h2-3,5H,4H2,1H3. The molecule has 0 bridgehead atoms. The van der Waals surface area contributed by atoms with Crippen LogP contribution < -0.4 is 0 Å². The van der Waals surface area contributed by atoms with Crippen LogP contribution in [0.4, 0.5) is 0 Å². The van der Waals surface area contributed by atoms with Crippen molar-refractivity contribution in [2.75, 3.05) is 0 Å². The highest BCUT2D eigenvalue weighted by Gasteiger charge is 2.06. The molecule has 0 aliphatic carbocycles. The highest BCUT2D eigenvalue weighted by molar-refractivity contribution is 7.17. The van der Waals surface area contributed by atoms with Crippen molar-refractivity contribution in [2.24, 2.45) is 0 Å². The Bertz CT molecular complexity index is 445. The first-order valence-corrected chi connectivity index (χ1v) is 5.74. The van der Waals surface area contributed by atoms with Gasteiger partial charge in [0.2, 0.25) is 0 Å². The molecule has 3 heteroatoms. The van der Waals surface area contributed by atoms with Crippen molar-refractivity contribution >= 4 is 44.6 Å². The number of hydrogen-bond acceptors (Lipinski definition) is 1. The summed E-state index contributed by atoms with van der Waals surface area (Å²) >= 11 is 13.5. The molecule has 0 saturated heterocycles. The van der Waals surface area contributed by atoms with Gasteiger partial charge in [-0.2, -0.15) is 0 Å². The molecule has 0 fully saturated rings. The number of alkyl halides is 1. The Hall–Kier alpha value is -0.240. The fourth-order valence-electron chi connectivity index (χ4n) is 1.39. The van der Waals surface area contributed by atoms with E-state index in [-0.39, 0.29) is 0 Å². The van der Waals surface area contributed by atoms with Gasteiger partial charge in [-0.15, -0.1) is 22.9 Å². The van der Waals surface area contributed by atoms with Crippen molar-refractivity contribution in [1.29, 1.82) is 0 Å². The number of fused-ring (bicyclic) bond motifs is 1. The summed E-state index contributed by atoms with van der Waals surface area (Å²) in [5.74, 6) is 0.525. The molecule has 0 aliphatic heterocycles. The molecule has 13 heavy (non-hydrogen) atoms. The summed E-state index contributed by atoms with van der Waals surface area (Å²) in [5.41, 5.74) is 2.40. The zero-order valence-electron chi connectivity index (χ0n) is 7.10. The third-order valence-corrected chi connectivity index (χ3v) is 3.75. The summed E-state index contributed by atoms with van der Waals surface area (Å²) < 4.78 is 1.26. The zero-order chi connectivity index (χ0) is 9.42. The minimum atomic E-state index is 0.525. The van der Waals surface area contributed by atoms with Gasteiger partial charge in [0.1, 0.15) is 0 Å². The van der Waals surface area contributed by atoms with Crippen molar-refractivity contribution in [3.8, 4) is 0 Å². The highest BCUT2D eigenvalue weighted by atomic mass is 35.5. The Morgan fingerprint density at radius 2 is 2.15 bits per heavy atom. The number of thiophene rings is 1. The Morgan fingerprint density at radius 1 is 1.38 bits per heavy atom. The van der Waals surface area contributed by atoms with Gasteiger partial charge in [-0.1, -0.05) is 11.6 Å². The summed E-state index contributed by atoms with van der Waals surface area (Å²) in [6, 6.07) is 3.94. The van der Waals surface area contributed by atoms with Crippen molar-refractivity contribution in [1.82, 2.24) is 0 Å². The van der Waals surface area contributed by atoms with Gasteiger partial charge in [-0.3, -0.25) is 0 Å². The van der Waals surface area contributed by atoms with Gasteiger partial charge in [-0.25, -0.2) is 0 Å². The van der Waals surface area contributed by atoms with Crippen LogP contribution in [0.5, 0.6) is 0 Å². The molecular formula is C10H8Cl2S. The van der Waals surface area contributed by atoms with Crippen LogP contribution in [-0.2, 0) is 5.88 Å². The summed E-state index contributed by atoms with van der Waals surface area (Å²) in [5, 5.41) is 4.13. The molecule has 0 unspecified atom stereocenters. The lowest BCUT2D eigenvalue weighted by Crippen LogP contribution is -1.78. The van der Waals surface area contributed by atoms with Gasteiger partial charge in [0, 0.05) is 15.6 Å². The van der Waals surface area contributed by atoms with Crippen LogP contribution in [0.15, 0.2) is 17.5 Å². The van der Waals surface area contributed by atoms with Gasteiger partial charge in [0.15, 0.2) is 0 Å². The Morgan fingerprint density at radius 3 is 2.85 bits per heavy atom. The lowest BCUT2D eigenvalue weighted by atomic mass is 10.1. The number of aryl methyl sites for hydroxylation is 1. The molecule has 0 nitrogen and oxygen atoms in total. The second-order valence-corrected chi connectivity index (χ2v) is 4.58. The first kappa shape index (κ1) is 9.32. The minimum absolute atomic E-state index is 0.525. The fraction of sp³-hybridized carbons (Fsp3) is 0.200. The maximum atomic E-state index is 5.98. The van der Waals surface area contributed by atoms with E-state index in [0.29, 0.717) is 5.88 Å². The molecule has 1 aromatic heterocycles. The lowest BCUT2D eigenvalue weighted by Gasteiger charge is -1.99. The molecule has 2 rings (SSSR count). The molecule has 1 heterocycles. The van der Waals surface area contributed by atoms with E-state index in [2.05, 4.69) is 12.3 Å². The molecule has 0 spiro atoms.